The van der Waals surface area contributed by atoms with Crippen LogP contribution in [0, 0.1) is 0 Å². The van der Waals surface area contributed by atoms with Crippen LogP contribution in [0.4, 0.5) is 0 Å². The Hall–Kier alpha value is -3.76. The van der Waals surface area contributed by atoms with Gasteiger partial charge in [-0.3, -0.25) is 0 Å². The number of fused-ring (bicyclic) bond motifs is 4. The summed E-state index contributed by atoms with van der Waals surface area (Å²) in [4.78, 5) is 50.7. The topological polar surface area (TPSA) is 118 Å². The summed E-state index contributed by atoms with van der Waals surface area (Å²) in [6.07, 6.45) is 1.79. The maximum Gasteiger partial charge on any atom is 0.347 e. The molecule has 11 heteroatoms. The zero-order valence-corrected chi connectivity index (χ0v) is 15.7. The lowest BCUT2D eigenvalue weighted by Crippen LogP contribution is -2.46. The summed E-state index contributed by atoms with van der Waals surface area (Å²) < 4.78 is 7.23. The minimum absolute atomic E-state index is 0.0220. The van der Waals surface area contributed by atoms with Gasteiger partial charge in [0.15, 0.2) is 0 Å². The van der Waals surface area contributed by atoms with Gasteiger partial charge in [0.2, 0.25) is 0 Å². The molecule has 150 valence electrons. The third-order valence-electron chi connectivity index (χ3n) is 5.82. The second kappa shape index (κ2) is 5.63. The molecule has 4 heterocycles. The molecule has 0 fully saturated rings. The van der Waals surface area contributed by atoms with E-state index in [0.29, 0.717) is 11.1 Å². The highest BCUT2D eigenvalue weighted by Gasteiger charge is 2.41. The second-order valence-electron chi connectivity index (χ2n) is 7.28. The Morgan fingerprint density at radius 2 is 1.48 bits per heavy atom. The monoisotopic (exact) mass is 398 g/mol. The van der Waals surface area contributed by atoms with Crippen LogP contribution in [0.1, 0.15) is 17.6 Å². The summed E-state index contributed by atoms with van der Waals surface area (Å²) in [5.74, 6) is -0.0304. The Morgan fingerprint density at radius 1 is 0.862 bits per heavy atom. The average molecular weight is 398 g/mol. The lowest BCUT2D eigenvalue weighted by Gasteiger charge is -2.37. The second-order valence-corrected chi connectivity index (χ2v) is 7.28. The fraction of sp³-hybridized carbons (Fsp3) is 0.333. The summed E-state index contributed by atoms with van der Waals surface area (Å²) in [6.45, 7) is 0.171. The number of hydrogen-bond donors (Lipinski definition) is 1. The van der Waals surface area contributed by atoms with Gasteiger partial charge in [0.05, 0.1) is 19.1 Å². The van der Waals surface area contributed by atoms with E-state index in [0.717, 1.165) is 9.13 Å². The molecule has 2 aliphatic heterocycles. The predicted molar refractivity (Wildman–Crippen MR) is 101 cm³/mol. The number of phenolic OH excluding ortho intramolecular Hbond substituents is 1. The molecule has 29 heavy (non-hydrogen) atoms. The first-order valence-corrected chi connectivity index (χ1v) is 9.07. The van der Waals surface area contributed by atoms with E-state index in [4.69, 9.17) is 0 Å². The normalized spacial score (nSPS) is 20.0. The van der Waals surface area contributed by atoms with Gasteiger partial charge in [-0.05, 0) is 11.6 Å². The van der Waals surface area contributed by atoms with Crippen LogP contribution in [-0.4, -0.2) is 33.0 Å². The van der Waals surface area contributed by atoms with Crippen LogP contribution in [0.2, 0.25) is 0 Å². The zero-order chi connectivity index (χ0) is 20.6. The molecular formula is C18H18N6O5. The highest BCUT2D eigenvalue weighted by Crippen LogP contribution is 2.40. The van der Waals surface area contributed by atoms with Crippen LogP contribution in [0.15, 0.2) is 55.1 Å². The van der Waals surface area contributed by atoms with E-state index in [-0.39, 0.29) is 18.8 Å². The number of phenols is 1. The number of aromatic hydroxyl groups is 1. The Labute approximate surface area is 162 Å². The average Bonchev–Trinajstić information content (AvgIpc) is 3.07. The lowest BCUT2D eigenvalue weighted by molar-refractivity contribution is 0.244. The summed E-state index contributed by atoms with van der Waals surface area (Å²) in [5.41, 5.74) is -0.894. The van der Waals surface area contributed by atoms with Crippen molar-refractivity contribution in [2.45, 2.75) is 25.2 Å². The van der Waals surface area contributed by atoms with Gasteiger partial charge in [-0.2, -0.15) is 0 Å². The van der Waals surface area contributed by atoms with Crippen molar-refractivity contribution in [2.24, 2.45) is 14.1 Å². The Kier molecular flexibility index (Phi) is 3.37. The standard InChI is InChI=1S/C18H18N6O5/c1-19-15(26)21-8-7-10-12(23(21)17(19)28)9-22-16(27)20(2)18(29)24(22)14(10)11-5-3-4-6-13(11)25/h3-7,12,14,25H,8-9H2,1-2H3/t12-,14-/m1/s1. The highest BCUT2D eigenvalue weighted by atomic mass is 16.3. The van der Waals surface area contributed by atoms with Crippen LogP contribution in [-0.2, 0) is 27.2 Å². The third kappa shape index (κ3) is 2.06. The Balaban J connectivity index is 1.86. The number of aromatic nitrogens is 6. The van der Waals surface area contributed by atoms with Gasteiger partial charge in [-0.15, -0.1) is 0 Å². The molecule has 1 aromatic carbocycles. The van der Waals surface area contributed by atoms with E-state index in [1.165, 1.54) is 38.9 Å². The minimum atomic E-state index is -0.785. The van der Waals surface area contributed by atoms with Crippen molar-refractivity contribution in [1.29, 1.82) is 0 Å². The minimum Gasteiger partial charge on any atom is -0.508 e. The number of allylic oxidation sites excluding steroid dienone is 2. The maximum atomic E-state index is 12.8. The van der Waals surface area contributed by atoms with Gasteiger partial charge in [0.25, 0.3) is 0 Å². The fourth-order valence-electron chi connectivity index (χ4n) is 4.37. The van der Waals surface area contributed by atoms with Crippen molar-refractivity contribution in [3.63, 3.8) is 0 Å². The van der Waals surface area contributed by atoms with Gasteiger partial charge >= 0.3 is 22.8 Å². The Morgan fingerprint density at radius 3 is 2.17 bits per heavy atom. The van der Waals surface area contributed by atoms with Gasteiger partial charge in [0.1, 0.15) is 11.8 Å². The Bertz CT molecular complexity index is 1440. The molecule has 2 atom stereocenters. The largest absolute Gasteiger partial charge is 0.508 e. The summed E-state index contributed by atoms with van der Waals surface area (Å²) in [7, 11) is 2.78. The van der Waals surface area contributed by atoms with Gasteiger partial charge in [0, 0.05) is 19.7 Å². The molecule has 0 bridgehead atoms. The number of para-hydroxylation sites is 1. The van der Waals surface area contributed by atoms with Crippen molar-refractivity contribution in [2.75, 3.05) is 0 Å². The molecule has 5 rings (SSSR count). The van der Waals surface area contributed by atoms with Crippen LogP contribution in [0.25, 0.3) is 0 Å². The molecule has 0 unspecified atom stereocenters. The maximum absolute atomic E-state index is 12.8. The van der Waals surface area contributed by atoms with Crippen molar-refractivity contribution in [3.05, 3.63) is 83.4 Å². The van der Waals surface area contributed by atoms with Gasteiger partial charge in [-0.25, -0.2) is 47.0 Å². The molecular weight excluding hydrogens is 380 g/mol. The van der Waals surface area contributed by atoms with Crippen LogP contribution < -0.4 is 22.8 Å². The van der Waals surface area contributed by atoms with Crippen molar-refractivity contribution in [1.82, 2.24) is 27.9 Å². The van der Waals surface area contributed by atoms with Gasteiger partial charge in [-0.1, -0.05) is 24.3 Å². The number of nitrogens with zero attached hydrogens (tertiary/aromatic N) is 6. The molecule has 0 spiro atoms. The van der Waals surface area contributed by atoms with E-state index in [1.807, 2.05) is 0 Å². The summed E-state index contributed by atoms with van der Waals surface area (Å²) in [6, 6.07) is 5.13. The van der Waals surface area contributed by atoms with Crippen LogP contribution >= 0.6 is 0 Å². The van der Waals surface area contributed by atoms with E-state index >= 15 is 0 Å². The van der Waals surface area contributed by atoms with E-state index in [2.05, 4.69) is 0 Å². The van der Waals surface area contributed by atoms with E-state index in [9.17, 15) is 24.3 Å². The van der Waals surface area contributed by atoms with Crippen molar-refractivity contribution < 1.29 is 5.11 Å². The zero-order valence-electron chi connectivity index (χ0n) is 15.7. The highest BCUT2D eigenvalue weighted by molar-refractivity contribution is 5.41. The van der Waals surface area contributed by atoms with Crippen LogP contribution in [0.3, 0.4) is 0 Å². The molecule has 1 N–H and O–H groups in total. The molecule has 0 saturated heterocycles. The van der Waals surface area contributed by atoms with Crippen molar-refractivity contribution in [3.8, 4) is 5.75 Å². The number of benzene rings is 1. The summed E-state index contributed by atoms with van der Waals surface area (Å²) >= 11 is 0. The molecule has 0 radical (unpaired) electrons. The van der Waals surface area contributed by atoms with Gasteiger partial charge < -0.3 is 5.11 Å². The van der Waals surface area contributed by atoms with Crippen LogP contribution in [0.5, 0.6) is 5.75 Å². The first-order chi connectivity index (χ1) is 13.8. The number of hydrogen-bond acceptors (Lipinski definition) is 5. The first-order valence-electron chi connectivity index (χ1n) is 9.07. The quantitative estimate of drug-likeness (QED) is 0.501. The first kappa shape index (κ1) is 17.3. The SMILES string of the molecule is Cn1c(=O)n2n(c1=O)[C@@H]1Cn3c(=O)n(C)c(=O)n3[C@@H](c3ccccc3O)C1=CC2. The van der Waals surface area contributed by atoms with E-state index in [1.54, 1.807) is 24.3 Å². The fourth-order valence-corrected chi connectivity index (χ4v) is 4.37. The van der Waals surface area contributed by atoms with E-state index < -0.39 is 34.8 Å². The molecule has 3 aromatic rings. The molecule has 2 aromatic heterocycles. The molecule has 0 aliphatic carbocycles. The molecule has 11 nitrogen and oxygen atoms in total. The number of rotatable bonds is 1. The molecule has 0 amide bonds. The summed E-state index contributed by atoms with van der Waals surface area (Å²) in [5, 5.41) is 10.5. The molecule has 0 saturated carbocycles. The smallest absolute Gasteiger partial charge is 0.347 e. The predicted octanol–water partition coefficient (Wildman–Crippen LogP) is -1.50. The molecule has 2 aliphatic rings. The van der Waals surface area contributed by atoms with Crippen molar-refractivity contribution >= 4 is 0 Å². The third-order valence-corrected chi connectivity index (χ3v) is 5.82. The lowest BCUT2D eigenvalue weighted by atomic mass is 9.90.